The van der Waals surface area contributed by atoms with Crippen molar-refractivity contribution in [1.29, 1.82) is 0 Å². The predicted octanol–water partition coefficient (Wildman–Crippen LogP) is 2.66. The van der Waals surface area contributed by atoms with Crippen LogP contribution >= 0.6 is 15.9 Å². The summed E-state index contributed by atoms with van der Waals surface area (Å²) in [5, 5.41) is 13.9. The molecule has 136 valence electrons. The van der Waals surface area contributed by atoms with E-state index in [1.165, 1.54) is 25.3 Å². The highest BCUT2D eigenvalue weighted by Gasteiger charge is 2.28. The van der Waals surface area contributed by atoms with E-state index in [0.717, 1.165) is 10.0 Å². The minimum Gasteiger partial charge on any atom is -0.490 e. The van der Waals surface area contributed by atoms with E-state index in [2.05, 4.69) is 32.1 Å². The number of methoxy groups -OCH3 is 1. The van der Waals surface area contributed by atoms with Gasteiger partial charge in [-0.05, 0) is 23.8 Å². The molecule has 0 radical (unpaired) electrons. The highest BCUT2D eigenvalue weighted by atomic mass is 79.9. The molecule has 9 heteroatoms. The van der Waals surface area contributed by atoms with Crippen molar-refractivity contribution in [2.75, 3.05) is 7.11 Å². The highest BCUT2D eigenvalue weighted by Crippen LogP contribution is 2.29. The van der Waals surface area contributed by atoms with Crippen LogP contribution in [0.3, 0.4) is 0 Å². The van der Waals surface area contributed by atoms with Crippen molar-refractivity contribution in [3.05, 3.63) is 68.2 Å². The van der Waals surface area contributed by atoms with Crippen LogP contribution in [-0.4, -0.2) is 24.1 Å². The number of ether oxygens (including phenoxy) is 1. The number of nitro benzene ring substituents is 1. The fourth-order valence-electron chi connectivity index (χ4n) is 2.83. The number of nitrogens with one attached hydrogen (secondary N) is 3. The first kappa shape index (κ1) is 18.3. The Hall–Kier alpha value is -2.49. The van der Waals surface area contributed by atoms with Crippen LogP contribution in [0.2, 0.25) is 0 Å². The summed E-state index contributed by atoms with van der Waals surface area (Å²) >= 11 is 3.52. The van der Waals surface area contributed by atoms with Gasteiger partial charge in [0, 0.05) is 22.5 Å². The molecule has 8 nitrogen and oxygen atoms in total. The predicted molar refractivity (Wildman–Crippen MR) is 98.7 cm³/mol. The average Bonchev–Trinajstić information content (AvgIpc) is 3.09. The topological polar surface area (TPSA) is 106 Å². The smallest absolute Gasteiger partial charge is 0.311 e. The summed E-state index contributed by atoms with van der Waals surface area (Å²) in [5.41, 5.74) is 7.21. The van der Waals surface area contributed by atoms with E-state index in [1.54, 1.807) is 0 Å². The Labute approximate surface area is 158 Å². The standard InChI is InChI=1S/C17H17BrN4O4/c1-26-15-7-6-10(8-14(15)22(24)25)17(23)19-16-9-13(20-21-16)11-4-2-3-5-12(11)18/h2-8,13,16,20-21H,9H2,1H3,(H,19,23). The molecule has 1 amide bonds. The lowest BCUT2D eigenvalue weighted by molar-refractivity contribution is -0.385. The first-order chi connectivity index (χ1) is 12.5. The van der Waals surface area contributed by atoms with Crippen molar-refractivity contribution in [1.82, 2.24) is 16.2 Å². The third-order valence-corrected chi connectivity index (χ3v) is 4.85. The Morgan fingerprint density at radius 3 is 2.77 bits per heavy atom. The van der Waals surface area contributed by atoms with Gasteiger partial charge in [0.1, 0.15) is 0 Å². The fourth-order valence-corrected chi connectivity index (χ4v) is 3.39. The molecule has 26 heavy (non-hydrogen) atoms. The monoisotopic (exact) mass is 420 g/mol. The van der Waals surface area contributed by atoms with Gasteiger partial charge in [-0.15, -0.1) is 0 Å². The Kier molecular flexibility index (Phi) is 5.50. The summed E-state index contributed by atoms with van der Waals surface area (Å²) in [5.74, 6) is -0.288. The van der Waals surface area contributed by atoms with Gasteiger partial charge in [-0.25, -0.2) is 10.9 Å². The summed E-state index contributed by atoms with van der Waals surface area (Å²) in [6.45, 7) is 0. The van der Waals surface area contributed by atoms with E-state index in [0.29, 0.717) is 6.42 Å². The van der Waals surface area contributed by atoms with Gasteiger partial charge in [0.15, 0.2) is 5.75 Å². The van der Waals surface area contributed by atoms with Crippen LogP contribution in [0.5, 0.6) is 5.75 Å². The zero-order valence-electron chi connectivity index (χ0n) is 13.9. The molecule has 2 atom stereocenters. The summed E-state index contributed by atoms with van der Waals surface area (Å²) < 4.78 is 5.93. The molecule has 0 aromatic heterocycles. The molecule has 2 aromatic rings. The third kappa shape index (κ3) is 3.85. The molecule has 0 aliphatic carbocycles. The quantitative estimate of drug-likeness (QED) is 0.507. The molecule has 0 saturated carbocycles. The molecule has 3 rings (SSSR count). The van der Waals surface area contributed by atoms with Gasteiger partial charge in [-0.2, -0.15) is 0 Å². The lowest BCUT2D eigenvalue weighted by atomic mass is 10.0. The molecule has 3 N–H and O–H groups in total. The van der Waals surface area contributed by atoms with Gasteiger partial charge in [0.05, 0.1) is 24.2 Å². The number of nitrogens with zero attached hydrogens (tertiary/aromatic N) is 1. The maximum atomic E-state index is 12.4. The second-order valence-corrected chi connectivity index (χ2v) is 6.62. The van der Waals surface area contributed by atoms with Crippen LogP contribution < -0.4 is 20.9 Å². The van der Waals surface area contributed by atoms with Crippen molar-refractivity contribution in [3.63, 3.8) is 0 Å². The maximum Gasteiger partial charge on any atom is 0.311 e. The minimum atomic E-state index is -0.575. The van der Waals surface area contributed by atoms with Crippen LogP contribution in [-0.2, 0) is 0 Å². The largest absolute Gasteiger partial charge is 0.490 e. The fraction of sp³-hybridized carbons (Fsp3) is 0.235. The molecule has 1 aliphatic rings. The minimum absolute atomic E-state index is 0.0288. The van der Waals surface area contributed by atoms with E-state index in [4.69, 9.17) is 4.74 Å². The number of hydrazine groups is 1. The second-order valence-electron chi connectivity index (χ2n) is 5.77. The van der Waals surface area contributed by atoms with Crippen LogP contribution in [0.4, 0.5) is 5.69 Å². The summed E-state index contributed by atoms with van der Waals surface area (Å²) in [6, 6.07) is 12.0. The Morgan fingerprint density at radius 2 is 2.08 bits per heavy atom. The van der Waals surface area contributed by atoms with Gasteiger partial charge >= 0.3 is 5.69 Å². The number of carbonyl (C=O) groups is 1. The van der Waals surface area contributed by atoms with Crippen molar-refractivity contribution < 1.29 is 14.5 Å². The highest BCUT2D eigenvalue weighted by molar-refractivity contribution is 9.10. The molecule has 1 heterocycles. The zero-order valence-corrected chi connectivity index (χ0v) is 15.4. The summed E-state index contributed by atoms with van der Waals surface area (Å²) in [6.07, 6.45) is 0.327. The first-order valence-corrected chi connectivity index (χ1v) is 8.67. The maximum absolute atomic E-state index is 12.4. The molecular formula is C17H17BrN4O4. The molecule has 1 fully saturated rings. The first-order valence-electron chi connectivity index (χ1n) is 7.88. The number of amides is 1. The normalized spacial score (nSPS) is 19.2. The van der Waals surface area contributed by atoms with Crippen molar-refractivity contribution in [3.8, 4) is 5.75 Å². The van der Waals surface area contributed by atoms with Crippen LogP contribution in [0.1, 0.15) is 28.4 Å². The van der Waals surface area contributed by atoms with Crippen LogP contribution in [0.15, 0.2) is 46.9 Å². The van der Waals surface area contributed by atoms with Crippen molar-refractivity contribution in [2.24, 2.45) is 0 Å². The van der Waals surface area contributed by atoms with E-state index in [-0.39, 0.29) is 29.2 Å². The van der Waals surface area contributed by atoms with Crippen molar-refractivity contribution >= 4 is 27.5 Å². The SMILES string of the molecule is COc1ccc(C(=O)NC2CC(c3ccccc3Br)NN2)cc1[N+](=O)[O-]. The van der Waals surface area contributed by atoms with Gasteiger partial charge in [0.25, 0.3) is 5.91 Å². The van der Waals surface area contributed by atoms with Gasteiger partial charge in [-0.3, -0.25) is 14.9 Å². The van der Waals surface area contributed by atoms with Gasteiger partial charge in [-0.1, -0.05) is 34.1 Å². The lowest BCUT2D eigenvalue weighted by Crippen LogP contribution is -2.44. The van der Waals surface area contributed by atoms with E-state index in [1.807, 2.05) is 24.3 Å². The summed E-state index contributed by atoms with van der Waals surface area (Å²) in [7, 11) is 1.35. The number of hydrogen-bond acceptors (Lipinski definition) is 6. The Morgan fingerprint density at radius 1 is 1.31 bits per heavy atom. The molecule has 1 saturated heterocycles. The second kappa shape index (κ2) is 7.81. The lowest BCUT2D eigenvalue weighted by Gasteiger charge is -2.13. The number of benzene rings is 2. The molecular weight excluding hydrogens is 404 g/mol. The number of halogens is 1. The molecule has 1 aliphatic heterocycles. The molecule has 0 bridgehead atoms. The van der Waals surface area contributed by atoms with Crippen LogP contribution in [0, 0.1) is 10.1 Å². The average molecular weight is 421 g/mol. The van der Waals surface area contributed by atoms with E-state index in [9.17, 15) is 14.9 Å². The van der Waals surface area contributed by atoms with Crippen molar-refractivity contribution in [2.45, 2.75) is 18.6 Å². The number of rotatable bonds is 5. The zero-order chi connectivity index (χ0) is 18.7. The Balaban J connectivity index is 1.69. The Bertz CT molecular complexity index is 845. The molecule has 0 spiro atoms. The number of nitro groups is 1. The third-order valence-electron chi connectivity index (χ3n) is 4.13. The number of hydrogen-bond donors (Lipinski definition) is 3. The van der Waals surface area contributed by atoms with Gasteiger partial charge in [0.2, 0.25) is 0 Å². The van der Waals surface area contributed by atoms with Gasteiger partial charge < -0.3 is 10.1 Å². The van der Waals surface area contributed by atoms with E-state index >= 15 is 0 Å². The summed E-state index contributed by atoms with van der Waals surface area (Å²) in [4.78, 5) is 23.0. The number of carbonyl (C=O) groups excluding carboxylic acids is 1. The molecule has 2 aromatic carbocycles. The van der Waals surface area contributed by atoms with Crippen LogP contribution in [0.25, 0.3) is 0 Å². The van der Waals surface area contributed by atoms with E-state index < -0.39 is 10.8 Å². The molecule has 2 unspecified atom stereocenters.